The molecule has 0 fully saturated rings. The molecule has 0 unspecified atom stereocenters. The molecule has 0 heterocycles. The van der Waals surface area contributed by atoms with Crippen LogP contribution in [-0.2, 0) is 28.2 Å². The number of phosphoric ester groups is 1. The highest BCUT2D eigenvalue weighted by molar-refractivity contribution is 7.46. The average molecular weight is 458 g/mol. The van der Waals surface area contributed by atoms with Gasteiger partial charge < -0.3 is 19.3 Å². The van der Waals surface area contributed by atoms with Crippen molar-refractivity contribution in [2.45, 2.75) is 90.1 Å². The molecule has 0 saturated heterocycles. The molecule has 0 saturated carbocycles. The quantitative estimate of drug-likeness (QED) is 0.104. The molecule has 0 aliphatic heterocycles. The Kier molecular flexibility index (Phi) is 17.8. The van der Waals surface area contributed by atoms with Crippen LogP contribution in [0.2, 0.25) is 0 Å². The fraction of sp³-hybridized carbons (Fsp3) is 0.727. The molecule has 0 radical (unpaired) electrons. The highest BCUT2D eigenvalue weighted by atomic mass is 31.2. The van der Waals surface area contributed by atoms with Crippen LogP contribution in [-0.4, -0.2) is 41.0 Å². The van der Waals surface area contributed by atoms with Gasteiger partial charge in [0.25, 0.3) is 0 Å². The minimum absolute atomic E-state index is 0.161. The van der Waals surface area contributed by atoms with Crippen LogP contribution in [0.15, 0.2) is 0 Å². The van der Waals surface area contributed by atoms with Crippen molar-refractivity contribution in [3.63, 3.8) is 0 Å². The van der Waals surface area contributed by atoms with E-state index in [0.717, 1.165) is 19.3 Å². The van der Waals surface area contributed by atoms with Crippen molar-refractivity contribution >= 4 is 19.8 Å². The largest absolute Gasteiger partial charge is 0.469 e. The lowest BCUT2D eigenvalue weighted by Gasteiger charge is -2.17. The number of hydrogen-bond acceptors (Lipinski definition) is 6. The Balaban J connectivity index is 4.08. The Labute approximate surface area is 185 Å². The third kappa shape index (κ3) is 21.2. The SMILES string of the molecule is C#CC#CC(=O)OC[C@@H](COP(=O)(O)O)OC(=O)CCCCCCCCCCCCC. The molecule has 0 aromatic heterocycles. The normalized spacial score (nSPS) is 11.7. The van der Waals surface area contributed by atoms with Crippen LogP contribution < -0.4 is 0 Å². The molecule has 0 aromatic rings. The Morgan fingerprint density at radius 3 is 2.00 bits per heavy atom. The highest BCUT2D eigenvalue weighted by Crippen LogP contribution is 2.35. The molecule has 0 amide bonds. The number of esters is 2. The standard InChI is InChI=1S/C22H35O8P/c1-3-5-7-8-9-10-11-12-13-14-15-17-22(24)30-20(19-29-31(25,26)27)18-28-21(23)16-6-4-2/h2,20H,3,5,7-15,17-19H2,1H3,(H2,25,26,27)/t20-/m0/s1. The first-order chi connectivity index (χ1) is 14.8. The van der Waals surface area contributed by atoms with Gasteiger partial charge in [-0.2, -0.15) is 0 Å². The topological polar surface area (TPSA) is 119 Å². The monoisotopic (exact) mass is 458 g/mol. The molecular formula is C22H35O8P. The third-order valence-corrected chi connectivity index (χ3v) is 4.83. The fourth-order valence-corrected chi connectivity index (χ4v) is 3.13. The van der Waals surface area contributed by atoms with Crippen LogP contribution in [0.3, 0.4) is 0 Å². The van der Waals surface area contributed by atoms with Gasteiger partial charge in [0.05, 0.1) is 6.61 Å². The summed E-state index contributed by atoms with van der Waals surface area (Å²) in [4.78, 5) is 41.0. The van der Waals surface area contributed by atoms with E-state index in [-0.39, 0.29) is 6.42 Å². The van der Waals surface area contributed by atoms with Crippen LogP contribution in [0.5, 0.6) is 0 Å². The molecule has 31 heavy (non-hydrogen) atoms. The van der Waals surface area contributed by atoms with Crippen molar-refractivity contribution in [3.05, 3.63) is 0 Å². The van der Waals surface area contributed by atoms with Crippen molar-refractivity contribution < 1.29 is 37.9 Å². The van der Waals surface area contributed by atoms with Crippen LogP contribution in [0.25, 0.3) is 0 Å². The molecule has 0 aromatic carbocycles. The summed E-state index contributed by atoms with van der Waals surface area (Å²) in [5, 5.41) is 0. The van der Waals surface area contributed by atoms with E-state index in [1.54, 1.807) is 0 Å². The third-order valence-electron chi connectivity index (χ3n) is 4.35. The summed E-state index contributed by atoms with van der Waals surface area (Å²) in [5.41, 5.74) is 0. The number of ether oxygens (including phenoxy) is 2. The first-order valence-corrected chi connectivity index (χ1v) is 12.3. The number of unbranched alkanes of at least 4 members (excludes halogenated alkanes) is 10. The molecule has 0 spiro atoms. The molecule has 1 atom stereocenters. The Morgan fingerprint density at radius 1 is 0.935 bits per heavy atom. The van der Waals surface area contributed by atoms with E-state index < -0.39 is 39.1 Å². The number of rotatable bonds is 18. The van der Waals surface area contributed by atoms with E-state index in [1.165, 1.54) is 44.9 Å². The number of phosphoric acid groups is 1. The van der Waals surface area contributed by atoms with Crippen molar-refractivity contribution in [2.75, 3.05) is 13.2 Å². The minimum Gasteiger partial charge on any atom is -0.456 e. The summed E-state index contributed by atoms with van der Waals surface area (Å²) in [6.45, 7) is 1.13. The summed E-state index contributed by atoms with van der Waals surface area (Å²) >= 11 is 0. The van der Waals surface area contributed by atoms with E-state index in [4.69, 9.17) is 25.7 Å². The zero-order chi connectivity index (χ0) is 23.4. The van der Waals surface area contributed by atoms with Crippen LogP contribution >= 0.6 is 7.82 Å². The molecular weight excluding hydrogens is 423 g/mol. The van der Waals surface area contributed by atoms with Crippen LogP contribution in [0, 0.1) is 24.2 Å². The molecule has 0 aliphatic carbocycles. The number of carbonyl (C=O) groups excluding carboxylic acids is 2. The maximum absolute atomic E-state index is 12.0. The molecule has 0 aliphatic rings. The van der Waals surface area contributed by atoms with E-state index >= 15 is 0 Å². The van der Waals surface area contributed by atoms with Gasteiger partial charge in [0.1, 0.15) is 6.61 Å². The maximum atomic E-state index is 12.0. The van der Waals surface area contributed by atoms with Gasteiger partial charge in [0, 0.05) is 12.3 Å². The number of carbonyl (C=O) groups is 2. The minimum atomic E-state index is -4.76. The van der Waals surface area contributed by atoms with E-state index in [0.29, 0.717) is 6.42 Å². The second kappa shape index (κ2) is 18.9. The molecule has 9 heteroatoms. The first-order valence-electron chi connectivity index (χ1n) is 10.8. The van der Waals surface area contributed by atoms with Gasteiger partial charge in [-0.15, -0.1) is 6.42 Å². The van der Waals surface area contributed by atoms with Gasteiger partial charge in [-0.25, -0.2) is 9.36 Å². The zero-order valence-electron chi connectivity index (χ0n) is 18.3. The lowest BCUT2D eigenvalue weighted by Crippen LogP contribution is -2.29. The Bertz CT molecular complexity index is 653. The second-order valence-corrected chi connectivity index (χ2v) is 8.42. The van der Waals surface area contributed by atoms with Gasteiger partial charge in [-0.05, 0) is 18.3 Å². The smallest absolute Gasteiger partial charge is 0.456 e. The molecule has 0 bridgehead atoms. The van der Waals surface area contributed by atoms with E-state index in [9.17, 15) is 14.2 Å². The number of terminal acetylenes is 1. The predicted octanol–water partition coefficient (Wildman–Crippen LogP) is 3.89. The fourth-order valence-electron chi connectivity index (χ4n) is 2.77. The zero-order valence-corrected chi connectivity index (χ0v) is 19.2. The van der Waals surface area contributed by atoms with Crippen molar-refractivity contribution in [2.24, 2.45) is 0 Å². The number of hydrogen-bond donors (Lipinski definition) is 2. The van der Waals surface area contributed by atoms with Gasteiger partial charge in [-0.1, -0.05) is 71.1 Å². The van der Waals surface area contributed by atoms with Crippen molar-refractivity contribution in [3.8, 4) is 24.2 Å². The summed E-state index contributed by atoms with van der Waals surface area (Å²) in [6.07, 6.45) is 16.5. The maximum Gasteiger partial charge on any atom is 0.469 e. The summed E-state index contributed by atoms with van der Waals surface area (Å²) in [6, 6.07) is 0. The van der Waals surface area contributed by atoms with Gasteiger partial charge >= 0.3 is 19.8 Å². The Hall–Kier alpha value is -1.83. The van der Waals surface area contributed by atoms with Crippen molar-refractivity contribution in [1.29, 1.82) is 0 Å². The van der Waals surface area contributed by atoms with Gasteiger partial charge in [0.2, 0.25) is 0 Å². The molecule has 2 N–H and O–H groups in total. The molecule has 176 valence electrons. The summed E-state index contributed by atoms with van der Waals surface area (Å²) < 4.78 is 25.1. The van der Waals surface area contributed by atoms with Gasteiger partial charge in [0.15, 0.2) is 6.10 Å². The second-order valence-electron chi connectivity index (χ2n) is 7.18. The van der Waals surface area contributed by atoms with E-state index in [2.05, 4.69) is 17.4 Å². The van der Waals surface area contributed by atoms with Crippen LogP contribution in [0.1, 0.15) is 84.0 Å². The Morgan fingerprint density at radius 2 is 1.48 bits per heavy atom. The first kappa shape index (κ1) is 29.2. The lowest BCUT2D eigenvalue weighted by atomic mass is 10.1. The average Bonchev–Trinajstić information content (AvgIpc) is 2.71. The van der Waals surface area contributed by atoms with Crippen molar-refractivity contribution in [1.82, 2.24) is 0 Å². The highest BCUT2D eigenvalue weighted by Gasteiger charge is 2.22. The predicted molar refractivity (Wildman–Crippen MR) is 117 cm³/mol. The van der Waals surface area contributed by atoms with Gasteiger partial charge in [-0.3, -0.25) is 9.32 Å². The van der Waals surface area contributed by atoms with Crippen LogP contribution in [0.4, 0.5) is 0 Å². The summed E-state index contributed by atoms with van der Waals surface area (Å²) in [7, 11) is -4.76. The summed E-state index contributed by atoms with van der Waals surface area (Å²) in [5.74, 6) is 4.52. The molecule has 8 nitrogen and oxygen atoms in total. The van der Waals surface area contributed by atoms with E-state index in [1.807, 2.05) is 11.8 Å². The lowest BCUT2D eigenvalue weighted by molar-refractivity contribution is -0.158. The molecule has 0 rings (SSSR count).